The van der Waals surface area contributed by atoms with Crippen LogP contribution in [0, 0.1) is 5.82 Å². The second-order valence-corrected chi connectivity index (χ2v) is 9.34. The monoisotopic (exact) mass is 494 g/mol. The number of rotatable bonds is 6. The van der Waals surface area contributed by atoms with E-state index in [1.54, 1.807) is 42.1 Å². The fourth-order valence-electron chi connectivity index (χ4n) is 4.84. The zero-order chi connectivity index (χ0) is 26.1. The predicted octanol–water partition coefficient (Wildman–Crippen LogP) is 2.99. The average Bonchev–Trinajstić information content (AvgIpc) is 3.20. The molecule has 1 fully saturated rings. The van der Waals surface area contributed by atoms with E-state index in [-0.39, 0.29) is 29.4 Å². The molecule has 8 nitrogen and oxygen atoms in total. The standard InChI is InChI=1S/C27H31FN4O4/c1-16-13-32(17(2)12-31(16)14-18-6-8-19(28)9-7-18)27(35)21-10-20-22(25(33)26(34)29-3)15-30(4)23(20)11-24(21)36-5/h6-11,15-17H,12-14H2,1-5H3,(H,29,34)/t16-,17+/m1/s1. The van der Waals surface area contributed by atoms with Crippen molar-refractivity contribution < 1.29 is 23.5 Å². The van der Waals surface area contributed by atoms with Crippen LogP contribution in [0.25, 0.3) is 10.9 Å². The van der Waals surface area contributed by atoms with Crippen molar-refractivity contribution in [2.75, 3.05) is 27.2 Å². The van der Waals surface area contributed by atoms with Gasteiger partial charge >= 0.3 is 0 Å². The van der Waals surface area contributed by atoms with E-state index >= 15 is 0 Å². The number of fused-ring (bicyclic) bond motifs is 1. The van der Waals surface area contributed by atoms with Gasteiger partial charge in [0.1, 0.15) is 11.6 Å². The first-order valence-electron chi connectivity index (χ1n) is 11.9. The molecule has 3 aromatic rings. The third-order valence-corrected chi connectivity index (χ3v) is 6.89. The Morgan fingerprint density at radius 3 is 2.39 bits per heavy atom. The highest BCUT2D eigenvalue weighted by atomic mass is 19.1. The number of ketones is 1. The molecule has 2 atom stereocenters. The summed E-state index contributed by atoms with van der Waals surface area (Å²) < 4.78 is 20.6. The summed E-state index contributed by atoms with van der Waals surface area (Å²) >= 11 is 0. The molecule has 2 heterocycles. The largest absolute Gasteiger partial charge is 0.496 e. The third-order valence-electron chi connectivity index (χ3n) is 6.89. The van der Waals surface area contributed by atoms with Crippen LogP contribution in [0.15, 0.2) is 42.6 Å². The summed E-state index contributed by atoms with van der Waals surface area (Å²) in [6.45, 7) is 5.88. The first-order valence-corrected chi connectivity index (χ1v) is 11.9. The van der Waals surface area contributed by atoms with E-state index in [0.29, 0.717) is 41.9 Å². The molecule has 2 amide bonds. The fraction of sp³-hybridized carbons (Fsp3) is 0.370. The van der Waals surface area contributed by atoms with Gasteiger partial charge in [0.05, 0.1) is 23.8 Å². The lowest BCUT2D eigenvalue weighted by Crippen LogP contribution is -2.57. The minimum atomic E-state index is -0.717. The Hall–Kier alpha value is -3.72. The zero-order valence-electron chi connectivity index (χ0n) is 21.2. The number of amides is 2. The van der Waals surface area contributed by atoms with E-state index in [4.69, 9.17) is 4.74 Å². The maximum Gasteiger partial charge on any atom is 0.292 e. The number of piperazine rings is 1. The Morgan fingerprint density at radius 1 is 1.06 bits per heavy atom. The maximum atomic E-state index is 13.8. The smallest absolute Gasteiger partial charge is 0.292 e. The Kier molecular flexibility index (Phi) is 7.12. The molecule has 1 aliphatic rings. The van der Waals surface area contributed by atoms with Crippen molar-refractivity contribution in [3.63, 3.8) is 0 Å². The Balaban J connectivity index is 1.63. The number of nitrogens with zero attached hydrogens (tertiary/aromatic N) is 3. The number of carbonyl (C=O) groups excluding carboxylic acids is 3. The highest BCUT2D eigenvalue weighted by Gasteiger charge is 2.34. The molecule has 0 spiro atoms. The lowest BCUT2D eigenvalue weighted by Gasteiger charge is -2.44. The molecule has 0 saturated carbocycles. The minimum Gasteiger partial charge on any atom is -0.496 e. The molecule has 4 rings (SSSR count). The number of carbonyl (C=O) groups is 3. The lowest BCUT2D eigenvalue weighted by molar-refractivity contribution is -0.116. The normalized spacial score (nSPS) is 18.3. The van der Waals surface area contributed by atoms with Crippen molar-refractivity contribution in [2.45, 2.75) is 32.5 Å². The number of ether oxygens (including phenoxy) is 1. The van der Waals surface area contributed by atoms with Gasteiger partial charge in [-0.1, -0.05) is 12.1 Å². The van der Waals surface area contributed by atoms with Crippen molar-refractivity contribution in [3.8, 4) is 5.75 Å². The number of aryl methyl sites for hydroxylation is 1. The van der Waals surface area contributed by atoms with Gasteiger partial charge in [-0.25, -0.2) is 4.39 Å². The molecule has 0 unspecified atom stereocenters. The number of methoxy groups -OCH3 is 1. The summed E-state index contributed by atoms with van der Waals surface area (Å²) in [5, 5.41) is 2.88. The van der Waals surface area contributed by atoms with Gasteiger partial charge in [0.2, 0.25) is 0 Å². The molecule has 190 valence electrons. The summed E-state index contributed by atoms with van der Waals surface area (Å²) in [5.41, 5.74) is 2.27. The van der Waals surface area contributed by atoms with Crippen molar-refractivity contribution in [2.24, 2.45) is 7.05 Å². The summed E-state index contributed by atoms with van der Waals surface area (Å²) in [4.78, 5) is 42.6. The van der Waals surface area contributed by atoms with E-state index < -0.39 is 11.7 Å². The molecule has 1 saturated heterocycles. The van der Waals surface area contributed by atoms with Crippen LogP contribution in [-0.2, 0) is 18.4 Å². The summed E-state index contributed by atoms with van der Waals surface area (Å²) in [6, 6.07) is 9.83. The molecular weight excluding hydrogens is 463 g/mol. The topological polar surface area (TPSA) is 83.9 Å². The van der Waals surface area contributed by atoms with Gasteiger partial charge in [-0.05, 0) is 37.6 Å². The molecular formula is C27H31FN4O4. The lowest BCUT2D eigenvalue weighted by atomic mass is 10.0. The van der Waals surface area contributed by atoms with Crippen LogP contribution >= 0.6 is 0 Å². The fourth-order valence-corrected chi connectivity index (χ4v) is 4.84. The van der Waals surface area contributed by atoms with E-state index in [2.05, 4.69) is 17.1 Å². The van der Waals surface area contributed by atoms with Gasteiger partial charge in [0.15, 0.2) is 0 Å². The third kappa shape index (κ3) is 4.70. The molecule has 2 aromatic carbocycles. The number of aromatic nitrogens is 1. The average molecular weight is 495 g/mol. The summed E-state index contributed by atoms with van der Waals surface area (Å²) in [7, 11) is 4.68. The molecule has 1 aliphatic heterocycles. The molecule has 0 radical (unpaired) electrons. The quantitative estimate of drug-likeness (QED) is 0.421. The van der Waals surface area contributed by atoms with E-state index in [1.165, 1.54) is 26.3 Å². The highest BCUT2D eigenvalue weighted by molar-refractivity contribution is 6.45. The van der Waals surface area contributed by atoms with Crippen molar-refractivity contribution in [1.29, 1.82) is 0 Å². The van der Waals surface area contributed by atoms with Gasteiger partial charge < -0.3 is 19.5 Å². The van der Waals surface area contributed by atoms with Crippen LogP contribution in [0.1, 0.15) is 40.1 Å². The Bertz CT molecular complexity index is 1320. The second-order valence-electron chi connectivity index (χ2n) is 9.34. The van der Waals surface area contributed by atoms with Crippen LogP contribution in [0.5, 0.6) is 5.75 Å². The molecule has 0 bridgehead atoms. The van der Waals surface area contributed by atoms with E-state index in [1.807, 2.05) is 11.8 Å². The first kappa shape index (κ1) is 25.4. The minimum absolute atomic E-state index is 0.0760. The number of nitrogens with one attached hydrogen (secondary N) is 1. The number of hydrogen-bond donors (Lipinski definition) is 1. The van der Waals surface area contributed by atoms with E-state index in [9.17, 15) is 18.8 Å². The predicted molar refractivity (Wildman–Crippen MR) is 135 cm³/mol. The number of halogens is 1. The molecule has 36 heavy (non-hydrogen) atoms. The molecule has 9 heteroatoms. The van der Waals surface area contributed by atoms with Gasteiger partial charge in [-0.3, -0.25) is 19.3 Å². The van der Waals surface area contributed by atoms with E-state index in [0.717, 1.165) is 5.56 Å². The number of hydrogen-bond acceptors (Lipinski definition) is 5. The van der Waals surface area contributed by atoms with Gasteiger partial charge in [-0.15, -0.1) is 0 Å². The SMILES string of the molecule is CNC(=O)C(=O)c1cn(C)c2cc(OC)c(C(=O)N3C[C@@H](C)N(Cc4ccc(F)cc4)C[C@@H]3C)cc12. The summed E-state index contributed by atoms with van der Waals surface area (Å²) in [5.74, 6) is -1.44. The highest BCUT2D eigenvalue weighted by Crippen LogP contribution is 2.32. The van der Waals surface area contributed by atoms with Crippen molar-refractivity contribution in [3.05, 3.63) is 65.1 Å². The molecule has 1 N–H and O–H groups in total. The second kappa shape index (κ2) is 10.1. The summed E-state index contributed by atoms with van der Waals surface area (Å²) in [6.07, 6.45) is 1.59. The number of benzene rings is 2. The van der Waals surface area contributed by atoms with Crippen LogP contribution in [-0.4, -0.2) is 71.3 Å². The van der Waals surface area contributed by atoms with Crippen LogP contribution in [0.4, 0.5) is 4.39 Å². The Morgan fingerprint density at radius 2 is 1.75 bits per heavy atom. The molecule has 1 aromatic heterocycles. The van der Waals surface area contributed by atoms with Crippen molar-refractivity contribution in [1.82, 2.24) is 19.7 Å². The number of Topliss-reactive ketones (excluding diaryl/α,β-unsaturated/α-hetero) is 1. The van der Waals surface area contributed by atoms with Crippen molar-refractivity contribution >= 4 is 28.5 Å². The van der Waals surface area contributed by atoms with Gasteiger partial charge in [-0.2, -0.15) is 0 Å². The van der Waals surface area contributed by atoms with Crippen LogP contribution in [0.3, 0.4) is 0 Å². The number of likely N-dealkylation sites (N-methyl/N-ethyl adjacent to an activating group) is 1. The zero-order valence-corrected chi connectivity index (χ0v) is 21.2. The van der Waals surface area contributed by atoms with Gasteiger partial charge in [0.25, 0.3) is 17.6 Å². The van der Waals surface area contributed by atoms with Crippen LogP contribution in [0.2, 0.25) is 0 Å². The van der Waals surface area contributed by atoms with Gasteiger partial charge in [0, 0.05) is 63.5 Å². The Labute approximate surface area is 209 Å². The first-order chi connectivity index (χ1) is 17.1. The maximum absolute atomic E-state index is 13.8. The van der Waals surface area contributed by atoms with Crippen LogP contribution < -0.4 is 10.1 Å². The molecule has 0 aliphatic carbocycles.